The summed E-state index contributed by atoms with van der Waals surface area (Å²) in [6.45, 7) is 5.97. The minimum atomic E-state index is -1.03. The highest BCUT2D eigenvalue weighted by atomic mass is 32.1. The standard InChI is InChI=1S/C16H19FN2O2S/c1-16(2,3)13(19-15(20)21)8-11-7-10(9-22-11)12-5-4-6-18-14(12)17/h4-7,9,13,19H,8H2,1-3H3,(H,20,21). The molecule has 0 bridgehead atoms. The van der Waals surface area contributed by atoms with E-state index in [0.717, 1.165) is 10.4 Å². The predicted octanol–water partition coefficient (Wildman–Crippen LogP) is 4.17. The van der Waals surface area contributed by atoms with E-state index in [1.54, 1.807) is 12.1 Å². The zero-order valence-corrected chi connectivity index (χ0v) is 13.6. The van der Waals surface area contributed by atoms with Crippen LogP contribution in [0.15, 0.2) is 29.8 Å². The van der Waals surface area contributed by atoms with E-state index in [1.165, 1.54) is 17.5 Å². The molecule has 0 fully saturated rings. The summed E-state index contributed by atoms with van der Waals surface area (Å²) < 4.78 is 13.7. The second-order valence-electron chi connectivity index (χ2n) is 6.22. The molecule has 0 saturated carbocycles. The molecule has 6 heteroatoms. The van der Waals surface area contributed by atoms with Crippen LogP contribution in [0.5, 0.6) is 0 Å². The Morgan fingerprint density at radius 2 is 2.23 bits per heavy atom. The van der Waals surface area contributed by atoms with Crippen LogP contribution >= 0.6 is 11.3 Å². The molecule has 2 aromatic heterocycles. The summed E-state index contributed by atoms with van der Waals surface area (Å²) in [6.07, 6.45) is 0.955. The van der Waals surface area contributed by atoms with Gasteiger partial charge >= 0.3 is 6.09 Å². The molecule has 1 atom stereocenters. The highest BCUT2D eigenvalue weighted by Crippen LogP contribution is 2.30. The van der Waals surface area contributed by atoms with E-state index in [0.29, 0.717) is 12.0 Å². The number of nitrogens with zero attached hydrogens (tertiary/aromatic N) is 1. The molecule has 0 saturated heterocycles. The summed E-state index contributed by atoms with van der Waals surface area (Å²) in [5.41, 5.74) is 1.03. The fourth-order valence-electron chi connectivity index (χ4n) is 2.15. The van der Waals surface area contributed by atoms with Crippen LogP contribution in [0.3, 0.4) is 0 Å². The van der Waals surface area contributed by atoms with Crippen LogP contribution in [-0.4, -0.2) is 22.2 Å². The number of nitrogens with one attached hydrogen (secondary N) is 1. The number of thiophene rings is 1. The quantitative estimate of drug-likeness (QED) is 0.830. The van der Waals surface area contributed by atoms with Gasteiger partial charge in [0.2, 0.25) is 5.95 Å². The SMILES string of the molecule is CC(C)(C)C(Cc1cc(-c2cccnc2F)cs1)NC(=O)O. The third-order valence-corrected chi connectivity index (χ3v) is 4.43. The van der Waals surface area contributed by atoms with Gasteiger partial charge in [-0.3, -0.25) is 0 Å². The van der Waals surface area contributed by atoms with Crippen molar-refractivity contribution in [2.75, 3.05) is 0 Å². The zero-order valence-electron chi connectivity index (χ0n) is 12.8. The van der Waals surface area contributed by atoms with Gasteiger partial charge in [-0.05, 0) is 34.6 Å². The van der Waals surface area contributed by atoms with Crippen molar-refractivity contribution in [2.24, 2.45) is 5.41 Å². The first-order valence-electron chi connectivity index (χ1n) is 6.95. The molecule has 2 N–H and O–H groups in total. The molecule has 2 rings (SSSR count). The van der Waals surface area contributed by atoms with Crippen LogP contribution in [0, 0.1) is 11.4 Å². The number of hydrogen-bond acceptors (Lipinski definition) is 3. The molecule has 0 aliphatic carbocycles. The maximum absolute atomic E-state index is 13.7. The van der Waals surface area contributed by atoms with Gasteiger partial charge in [-0.25, -0.2) is 9.78 Å². The number of carboxylic acid groups (broad SMARTS) is 1. The molecule has 4 nitrogen and oxygen atoms in total. The Kier molecular flexibility index (Phi) is 4.81. The zero-order chi connectivity index (χ0) is 16.3. The predicted molar refractivity (Wildman–Crippen MR) is 85.6 cm³/mol. The average molecular weight is 322 g/mol. The van der Waals surface area contributed by atoms with Gasteiger partial charge in [-0.1, -0.05) is 20.8 Å². The third kappa shape index (κ3) is 4.04. The van der Waals surface area contributed by atoms with Crippen LogP contribution in [-0.2, 0) is 6.42 Å². The molecule has 118 valence electrons. The average Bonchev–Trinajstić information content (AvgIpc) is 2.85. The van der Waals surface area contributed by atoms with E-state index >= 15 is 0 Å². The molecule has 2 aromatic rings. The molecular formula is C16H19FN2O2S. The van der Waals surface area contributed by atoms with E-state index in [9.17, 15) is 9.18 Å². The van der Waals surface area contributed by atoms with E-state index < -0.39 is 12.0 Å². The van der Waals surface area contributed by atoms with Crippen LogP contribution in [0.4, 0.5) is 9.18 Å². The molecular weight excluding hydrogens is 303 g/mol. The molecule has 0 aliphatic heterocycles. The lowest BCUT2D eigenvalue weighted by atomic mass is 9.84. The molecule has 1 unspecified atom stereocenters. The normalized spacial score (nSPS) is 12.9. The van der Waals surface area contributed by atoms with Crippen molar-refractivity contribution >= 4 is 17.4 Å². The fourth-order valence-corrected chi connectivity index (χ4v) is 3.09. The van der Waals surface area contributed by atoms with Crippen molar-refractivity contribution in [2.45, 2.75) is 33.2 Å². The van der Waals surface area contributed by atoms with E-state index in [-0.39, 0.29) is 11.5 Å². The highest BCUT2D eigenvalue weighted by Gasteiger charge is 2.27. The lowest BCUT2D eigenvalue weighted by Gasteiger charge is -2.30. The number of amides is 1. The Morgan fingerprint density at radius 3 is 2.82 bits per heavy atom. The Morgan fingerprint density at radius 1 is 1.50 bits per heavy atom. The first-order chi connectivity index (χ1) is 10.3. The monoisotopic (exact) mass is 322 g/mol. The molecule has 22 heavy (non-hydrogen) atoms. The molecule has 1 amide bonds. The maximum atomic E-state index is 13.7. The van der Waals surface area contributed by atoms with Gasteiger partial charge in [0.15, 0.2) is 0 Å². The fraction of sp³-hybridized carbons (Fsp3) is 0.375. The number of carbonyl (C=O) groups is 1. The minimum absolute atomic E-state index is 0.206. The smallest absolute Gasteiger partial charge is 0.404 e. The van der Waals surface area contributed by atoms with Gasteiger partial charge in [0.25, 0.3) is 0 Å². The van der Waals surface area contributed by atoms with Crippen molar-refractivity contribution in [1.29, 1.82) is 0 Å². The van der Waals surface area contributed by atoms with Crippen LogP contribution in [0.2, 0.25) is 0 Å². The van der Waals surface area contributed by atoms with E-state index in [1.807, 2.05) is 32.2 Å². The first kappa shape index (κ1) is 16.4. The summed E-state index contributed by atoms with van der Waals surface area (Å²) in [5.74, 6) is -0.497. The number of pyridine rings is 1. The van der Waals surface area contributed by atoms with Gasteiger partial charge in [0.05, 0.1) is 0 Å². The summed E-state index contributed by atoms with van der Waals surface area (Å²) in [6, 6.07) is 5.06. The van der Waals surface area contributed by atoms with Crippen molar-refractivity contribution in [3.63, 3.8) is 0 Å². The molecule has 0 spiro atoms. The van der Waals surface area contributed by atoms with Crippen molar-refractivity contribution in [3.05, 3.63) is 40.6 Å². The van der Waals surface area contributed by atoms with Crippen LogP contribution in [0.1, 0.15) is 25.6 Å². The molecule has 0 radical (unpaired) electrons. The van der Waals surface area contributed by atoms with Crippen molar-refractivity contribution in [1.82, 2.24) is 10.3 Å². The Balaban J connectivity index is 2.20. The van der Waals surface area contributed by atoms with Gasteiger partial charge in [-0.2, -0.15) is 4.39 Å². The number of halogens is 1. The van der Waals surface area contributed by atoms with Crippen LogP contribution in [0.25, 0.3) is 11.1 Å². The first-order valence-corrected chi connectivity index (χ1v) is 7.83. The molecule has 0 aromatic carbocycles. The minimum Gasteiger partial charge on any atom is -0.465 e. The largest absolute Gasteiger partial charge is 0.465 e. The third-order valence-electron chi connectivity index (χ3n) is 3.47. The number of hydrogen-bond donors (Lipinski definition) is 2. The van der Waals surface area contributed by atoms with Crippen molar-refractivity contribution in [3.8, 4) is 11.1 Å². The lowest BCUT2D eigenvalue weighted by Crippen LogP contribution is -2.44. The van der Waals surface area contributed by atoms with Gasteiger partial charge in [0, 0.05) is 29.1 Å². The Bertz CT molecular complexity index is 664. The second-order valence-corrected chi connectivity index (χ2v) is 7.21. The van der Waals surface area contributed by atoms with E-state index in [4.69, 9.17) is 5.11 Å². The van der Waals surface area contributed by atoms with Crippen molar-refractivity contribution < 1.29 is 14.3 Å². The molecule has 2 heterocycles. The maximum Gasteiger partial charge on any atom is 0.404 e. The number of aromatic nitrogens is 1. The number of rotatable bonds is 4. The van der Waals surface area contributed by atoms with Crippen LogP contribution < -0.4 is 5.32 Å². The van der Waals surface area contributed by atoms with E-state index in [2.05, 4.69) is 10.3 Å². The Labute approximate surface area is 133 Å². The van der Waals surface area contributed by atoms with Gasteiger partial charge in [0.1, 0.15) is 0 Å². The Hall–Kier alpha value is -1.95. The summed E-state index contributed by atoms with van der Waals surface area (Å²) in [4.78, 5) is 15.6. The molecule has 0 aliphatic rings. The van der Waals surface area contributed by atoms with Gasteiger partial charge in [-0.15, -0.1) is 11.3 Å². The summed E-state index contributed by atoms with van der Waals surface area (Å²) in [7, 11) is 0. The van der Waals surface area contributed by atoms with Gasteiger partial charge < -0.3 is 10.4 Å². The lowest BCUT2D eigenvalue weighted by molar-refractivity contribution is 0.174. The highest BCUT2D eigenvalue weighted by molar-refractivity contribution is 7.10. The topological polar surface area (TPSA) is 62.2 Å². The second kappa shape index (κ2) is 6.44. The summed E-state index contributed by atoms with van der Waals surface area (Å²) in [5, 5.41) is 13.4. The summed E-state index contributed by atoms with van der Waals surface area (Å²) >= 11 is 1.50.